The van der Waals surface area contributed by atoms with Gasteiger partial charge < -0.3 is 5.11 Å². The molecule has 1 fully saturated rings. The van der Waals surface area contributed by atoms with Crippen LogP contribution in [0.1, 0.15) is 30.7 Å². The first-order valence-corrected chi connectivity index (χ1v) is 5.09. The van der Waals surface area contributed by atoms with Crippen LogP contribution in [-0.4, -0.2) is 11.2 Å². The minimum atomic E-state index is -0.195. The van der Waals surface area contributed by atoms with Crippen LogP contribution < -0.4 is 0 Å². The summed E-state index contributed by atoms with van der Waals surface area (Å²) in [5.74, 6) is 0.258. The van der Waals surface area contributed by atoms with Gasteiger partial charge in [-0.05, 0) is 24.5 Å². The lowest BCUT2D eigenvalue weighted by molar-refractivity contribution is 0.164. The standard InChI is InChI=1S/C11H13ClO/c12-10-6-2-1-4-8(10)9-5-3-7-11(9)13/h1-2,4,6,9,11,13H,3,5,7H2/t9-,11-/m0/s1. The number of aliphatic hydroxyl groups is 1. The Bertz CT molecular complexity index is 298. The number of hydrogen-bond donors (Lipinski definition) is 1. The van der Waals surface area contributed by atoms with Gasteiger partial charge in [-0.15, -0.1) is 0 Å². The highest BCUT2D eigenvalue weighted by Crippen LogP contribution is 2.37. The molecule has 0 bridgehead atoms. The van der Waals surface area contributed by atoms with Gasteiger partial charge >= 0.3 is 0 Å². The van der Waals surface area contributed by atoms with Gasteiger partial charge in [0.05, 0.1) is 6.10 Å². The van der Waals surface area contributed by atoms with Gasteiger partial charge in [-0.25, -0.2) is 0 Å². The van der Waals surface area contributed by atoms with Gasteiger partial charge in [0.25, 0.3) is 0 Å². The number of halogens is 1. The Morgan fingerprint density at radius 3 is 2.62 bits per heavy atom. The molecule has 2 heteroatoms. The predicted octanol–water partition coefficient (Wildman–Crippen LogP) is 2.97. The van der Waals surface area contributed by atoms with E-state index in [1.807, 2.05) is 24.3 Å². The predicted molar refractivity (Wildman–Crippen MR) is 54.1 cm³/mol. The van der Waals surface area contributed by atoms with E-state index >= 15 is 0 Å². The molecule has 1 N–H and O–H groups in total. The number of hydrogen-bond acceptors (Lipinski definition) is 1. The quantitative estimate of drug-likeness (QED) is 0.732. The van der Waals surface area contributed by atoms with Gasteiger partial charge in [-0.3, -0.25) is 0 Å². The fraction of sp³-hybridized carbons (Fsp3) is 0.455. The van der Waals surface area contributed by atoms with E-state index in [-0.39, 0.29) is 12.0 Å². The summed E-state index contributed by atoms with van der Waals surface area (Å²) in [7, 11) is 0. The van der Waals surface area contributed by atoms with E-state index in [9.17, 15) is 5.11 Å². The fourth-order valence-corrected chi connectivity index (χ4v) is 2.35. The minimum absolute atomic E-state index is 0.195. The van der Waals surface area contributed by atoms with Crippen molar-refractivity contribution in [3.8, 4) is 0 Å². The van der Waals surface area contributed by atoms with E-state index in [0.717, 1.165) is 29.8 Å². The average Bonchev–Trinajstić information content (AvgIpc) is 2.52. The van der Waals surface area contributed by atoms with Crippen LogP contribution >= 0.6 is 11.6 Å². The molecule has 1 aromatic rings. The monoisotopic (exact) mass is 196 g/mol. The maximum atomic E-state index is 9.71. The lowest BCUT2D eigenvalue weighted by Crippen LogP contribution is -2.11. The Labute approximate surface area is 83.3 Å². The van der Waals surface area contributed by atoms with Crippen LogP contribution in [0.15, 0.2) is 24.3 Å². The average molecular weight is 197 g/mol. The lowest BCUT2D eigenvalue weighted by Gasteiger charge is -2.15. The molecule has 0 unspecified atom stereocenters. The van der Waals surface area contributed by atoms with Gasteiger partial charge in [0.1, 0.15) is 0 Å². The third-order valence-electron chi connectivity index (χ3n) is 2.78. The molecule has 0 heterocycles. The summed E-state index contributed by atoms with van der Waals surface area (Å²) < 4.78 is 0. The molecule has 0 spiro atoms. The zero-order chi connectivity index (χ0) is 9.26. The van der Waals surface area contributed by atoms with Crippen molar-refractivity contribution in [2.24, 2.45) is 0 Å². The summed E-state index contributed by atoms with van der Waals surface area (Å²) >= 11 is 6.06. The van der Waals surface area contributed by atoms with Crippen LogP contribution in [0.25, 0.3) is 0 Å². The second-order valence-electron chi connectivity index (χ2n) is 3.63. The summed E-state index contributed by atoms with van der Waals surface area (Å²) in [6.07, 6.45) is 2.89. The van der Waals surface area contributed by atoms with E-state index in [4.69, 9.17) is 11.6 Å². The van der Waals surface area contributed by atoms with Crippen molar-refractivity contribution in [1.29, 1.82) is 0 Å². The zero-order valence-corrected chi connectivity index (χ0v) is 8.17. The molecule has 1 aliphatic rings. The topological polar surface area (TPSA) is 20.2 Å². The Balaban J connectivity index is 2.29. The highest BCUT2D eigenvalue weighted by Gasteiger charge is 2.27. The SMILES string of the molecule is O[C@H]1CCC[C@H]1c1ccccc1Cl. The summed E-state index contributed by atoms with van der Waals surface area (Å²) in [6.45, 7) is 0. The van der Waals surface area contributed by atoms with Crippen LogP contribution in [0.2, 0.25) is 5.02 Å². The molecular formula is C11H13ClO. The molecule has 2 rings (SSSR count). The van der Waals surface area contributed by atoms with Crippen LogP contribution in [0, 0.1) is 0 Å². The van der Waals surface area contributed by atoms with Gasteiger partial charge in [0.2, 0.25) is 0 Å². The molecule has 1 aliphatic carbocycles. The smallest absolute Gasteiger partial charge is 0.0609 e. The summed E-state index contributed by atoms with van der Waals surface area (Å²) in [5.41, 5.74) is 1.11. The largest absolute Gasteiger partial charge is 0.392 e. The van der Waals surface area contributed by atoms with Crippen molar-refractivity contribution < 1.29 is 5.11 Å². The Kier molecular flexibility index (Phi) is 2.56. The van der Waals surface area contributed by atoms with Crippen LogP contribution in [0.5, 0.6) is 0 Å². The van der Waals surface area contributed by atoms with Crippen molar-refractivity contribution in [3.63, 3.8) is 0 Å². The van der Waals surface area contributed by atoms with Crippen molar-refractivity contribution in [2.75, 3.05) is 0 Å². The first-order chi connectivity index (χ1) is 6.29. The molecule has 70 valence electrons. The lowest BCUT2D eigenvalue weighted by atomic mass is 9.96. The molecule has 2 atom stereocenters. The molecule has 1 aromatic carbocycles. The Morgan fingerprint density at radius 1 is 1.23 bits per heavy atom. The van der Waals surface area contributed by atoms with Gasteiger partial charge in [0, 0.05) is 10.9 Å². The van der Waals surface area contributed by atoms with Crippen molar-refractivity contribution in [3.05, 3.63) is 34.9 Å². The Hall–Kier alpha value is -0.530. The second kappa shape index (κ2) is 3.69. The van der Waals surface area contributed by atoms with Gasteiger partial charge in [-0.2, -0.15) is 0 Å². The summed E-state index contributed by atoms with van der Waals surface area (Å²) in [6, 6.07) is 7.81. The molecule has 0 radical (unpaired) electrons. The van der Waals surface area contributed by atoms with Crippen LogP contribution in [-0.2, 0) is 0 Å². The molecular weight excluding hydrogens is 184 g/mol. The number of rotatable bonds is 1. The number of aliphatic hydroxyl groups excluding tert-OH is 1. The minimum Gasteiger partial charge on any atom is -0.392 e. The van der Waals surface area contributed by atoms with Crippen molar-refractivity contribution in [1.82, 2.24) is 0 Å². The third-order valence-corrected chi connectivity index (χ3v) is 3.13. The normalized spacial score (nSPS) is 27.8. The molecule has 1 saturated carbocycles. The van der Waals surface area contributed by atoms with E-state index in [1.165, 1.54) is 0 Å². The van der Waals surface area contributed by atoms with E-state index < -0.39 is 0 Å². The molecule has 0 aromatic heterocycles. The third kappa shape index (κ3) is 1.72. The maximum absolute atomic E-state index is 9.71. The number of benzene rings is 1. The second-order valence-corrected chi connectivity index (χ2v) is 4.03. The van der Waals surface area contributed by atoms with Crippen LogP contribution in [0.4, 0.5) is 0 Å². The molecule has 1 nitrogen and oxygen atoms in total. The highest BCUT2D eigenvalue weighted by molar-refractivity contribution is 6.31. The summed E-state index contributed by atoms with van der Waals surface area (Å²) in [5, 5.41) is 10.5. The van der Waals surface area contributed by atoms with E-state index in [2.05, 4.69) is 0 Å². The van der Waals surface area contributed by atoms with Crippen molar-refractivity contribution in [2.45, 2.75) is 31.3 Å². The van der Waals surface area contributed by atoms with Crippen LogP contribution in [0.3, 0.4) is 0 Å². The Morgan fingerprint density at radius 2 is 2.00 bits per heavy atom. The fourth-order valence-electron chi connectivity index (χ4n) is 2.08. The highest BCUT2D eigenvalue weighted by atomic mass is 35.5. The van der Waals surface area contributed by atoms with Gasteiger partial charge in [-0.1, -0.05) is 36.2 Å². The molecule has 0 amide bonds. The van der Waals surface area contributed by atoms with E-state index in [1.54, 1.807) is 0 Å². The first-order valence-electron chi connectivity index (χ1n) is 4.71. The van der Waals surface area contributed by atoms with Gasteiger partial charge in [0.15, 0.2) is 0 Å². The molecule has 0 aliphatic heterocycles. The summed E-state index contributed by atoms with van der Waals surface area (Å²) in [4.78, 5) is 0. The molecule has 13 heavy (non-hydrogen) atoms. The molecule has 0 saturated heterocycles. The van der Waals surface area contributed by atoms with E-state index in [0.29, 0.717) is 0 Å². The first kappa shape index (κ1) is 9.04. The maximum Gasteiger partial charge on any atom is 0.0609 e. The van der Waals surface area contributed by atoms with Crippen molar-refractivity contribution >= 4 is 11.6 Å². The zero-order valence-electron chi connectivity index (χ0n) is 7.41.